The number of hydrogen-bond acceptors (Lipinski definition) is 6. The Balaban J connectivity index is 1.96. The Labute approximate surface area is 166 Å². The summed E-state index contributed by atoms with van der Waals surface area (Å²) in [6.45, 7) is 6.26. The zero-order chi connectivity index (χ0) is 20.5. The second-order valence-corrected chi connectivity index (χ2v) is 7.37. The highest BCUT2D eigenvalue weighted by molar-refractivity contribution is 5.77. The van der Waals surface area contributed by atoms with Gasteiger partial charge in [-0.2, -0.15) is 0 Å². The zero-order valence-corrected chi connectivity index (χ0v) is 16.7. The van der Waals surface area contributed by atoms with Crippen LogP contribution in [0.15, 0.2) is 27.8 Å². The predicted octanol–water partition coefficient (Wildman–Crippen LogP) is 1.63. The van der Waals surface area contributed by atoms with Crippen LogP contribution < -0.4 is 20.7 Å². The minimum Gasteiger partial charge on any atom is -0.486 e. The first-order chi connectivity index (χ1) is 14.0. The molecule has 0 unspecified atom stereocenters. The molecule has 0 bridgehead atoms. The van der Waals surface area contributed by atoms with E-state index in [0.717, 1.165) is 5.56 Å². The summed E-state index contributed by atoms with van der Waals surface area (Å²) >= 11 is 0. The van der Waals surface area contributed by atoms with Crippen LogP contribution in [0.3, 0.4) is 0 Å². The van der Waals surface area contributed by atoms with Crippen LogP contribution in [0.25, 0.3) is 22.6 Å². The van der Waals surface area contributed by atoms with Gasteiger partial charge in [-0.05, 0) is 24.1 Å². The number of aromatic nitrogens is 4. The highest BCUT2D eigenvalue weighted by atomic mass is 16.6. The summed E-state index contributed by atoms with van der Waals surface area (Å²) in [7, 11) is 1.60. The maximum Gasteiger partial charge on any atom is 0.330 e. The maximum absolute atomic E-state index is 12.7. The van der Waals surface area contributed by atoms with Crippen molar-refractivity contribution in [1.29, 1.82) is 0 Å². The van der Waals surface area contributed by atoms with Crippen LogP contribution in [0, 0.1) is 5.92 Å². The van der Waals surface area contributed by atoms with Crippen LogP contribution in [0.2, 0.25) is 0 Å². The number of ether oxygens (including phenoxy) is 3. The molecule has 1 N–H and O–H groups in total. The number of imidazole rings is 1. The summed E-state index contributed by atoms with van der Waals surface area (Å²) in [5.41, 5.74) is 0.573. The molecule has 0 spiro atoms. The Morgan fingerprint density at radius 1 is 1.17 bits per heavy atom. The van der Waals surface area contributed by atoms with Gasteiger partial charge in [0, 0.05) is 25.8 Å². The van der Waals surface area contributed by atoms with Gasteiger partial charge in [0.25, 0.3) is 5.56 Å². The Kier molecular flexibility index (Phi) is 5.14. The molecule has 1 aliphatic heterocycles. The van der Waals surface area contributed by atoms with E-state index < -0.39 is 11.2 Å². The van der Waals surface area contributed by atoms with Gasteiger partial charge in [-0.25, -0.2) is 9.78 Å². The Morgan fingerprint density at radius 3 is 2.66 bits per heavy atom. The summed E-state index contributed by atoms with van der Waals surface area (Å²) in [6.07, 6.45) is 0. The fourth-order valence-corrected chi connectivity index (χ4v) is 3.51. The number of nitrogens with one attached hydrogen (secondary N) is 1. The van der Waals surface area contributed by atoms with Crippen LogP contribution in [0.4, 0.5) is 0 Å². The Bertz CT molecular complexity index is 1160. The monoisotopic (exact) mass is 400 g/mol. The summed E-state index contributed by atoms with van der Waals surface area (Å²) < 4.78 is 19.8. The minimum atomic E-state index is -0.461. The highest BCUT2D eigenvalue weighted by Crippen LogP contribution is 2.34. The molecule has 3 heterocycles. The van der Waals surface area contributed by atoms with Crippen molar-refractivity contribution in [2.24, 2.45) is 5.92 Å². The molecule has 4 rings (SSSR count). The molecule has 154 valence electrons. The van der Waals surface area contributed by atoms with Crippen molar-refractivity contribution >= 4 is 11.2 Å². The second-order valence-electron chi connectivity index (χ2n) is 7.37. The van der Waals surface area contributed by atoms with Crippen molar-refractivity contribution < 1.29 is 14.2 Å². The maximum atomic E-state index is 12.7. The van der Waals surface area contributed by atoms with Crippen molar-refractivity contribution in [3.05, 3.63) is 39.0 Å². The van der Waals surface area contributed by atoms with Crippen molar-refractivity contribution in [3.8, 4) is 22.9 Å². The van der Waals surface area contributed by atoms with Crippen LogP contribution in [-0.2, 0) is 17.8 Å². The molecular weight excluding hydrogens is 376 g/mol. The lowest BCUT2D eigenvalue weighted by atomic mass is 10.2. The number of methoxy groups -OCH3 is 1. The summed E-state index contributed by atoms with van der Waals surface area (Å²) in [5, 5.41) is 0. The van der Waals surface area contributed by atoms with E-state index in [9.17, 15) is 9.59 Å². The van der Waals surface area contributed by atoms with Gasteiger partial charge < -0.3 is 18.8 Å². The predicted molar refractivity (Wildman–Crippen MR) is 108 cm³/mol. The molecule has 3 aromatic rings. The molecule has 0 radical (unpaired) electrons. The largest absolute Gasteiger partial charge is 0.486 e. The molecule has 2 aromatic heterocycles. The minimum absolute atomic E-state index is 0.212. The third-order valence-corrected chi connectivity index (χ3v) is 4.75. The van der Waals surface area contributed by atoms with E-state index in [1.54, 1.807) is 11.7 Å². The van der Waals surface area contributed by atoms with E-state index in [2.05, 4.69) is 4.98 Å². The Hall–Kier alpha value is -3.07. The van der Waals surface area contributed by atoms with E-state index in [-0.39, 0.29) is 5.92 Å². The molecule has 9 nitrogen and oxygen atoms in total. The number of H-pyrrole nitrogens is 1. The van der Waals surface area contributed by atoms with Gasteiger partial charge >= 0.3 is 5.69 Å². The lowest BCUT2D eigenvalue weighted by Gasteiger charge is -2.19. The molecule has 0 fully saturated rings. The molecule has 0 aliphatic carbocycles. The van der Waals surface area contributed by atoms with Crippen LogP contribution in [0.1, 0.15) is 13.8 Å². The fraction of sp³-hybridized carbons (Fsp3) is 0.450. The zero-order valence-electron chi connectivity index (χ0n) is 16.7. The van der Waals surface area contributed by atoms with Crippen LogP contribution >= 0.6 is 0 Å². The van der Waals surface area contributed by atoms with E-state index in [1.807, 2.05) is 32.0 Å². The first-order valence-corrected chi connectivity index (χ1v) is 9.62. The van der Waals surface area contributed by atoms with E-state index in [4.69, 9.17) is 19.2 Å². The topological polar surface area (TPSA) is 100 Å². The molecule has 0 amide bonds. The van der Waals surface area contributed by atoms with E-state index >= 15 is 0 Å². The summed E-state index contributed by atoms with van der Waals surface area (Å²) in [5.74, 6) is 2.09. The number of rotatable bonds is 6. The average Bonchev–Trinajstić information content (AvgIpc) is 3.09. The Morgan fingerprint density at radius 2 is 1.93 bits per heavy atom. The molecular formula is C20H24N4O5. The van der Waals surface area contributed by atoms with Crippen molar-refractivity contribution in [2.75, 3.05) is 26.9 Å². The third kappa shape index (κ3) is 3.53. The molecule has 1 aromatic carbocycles. The second kappa shape index (κ2) is 7.75. The van der Waals surface area contributed by atoms with Gasteiger partial charge in [0.2, 0.25) is 0 Å². The van der Waals surface area contributed by atoms with Gasteiger partial charge in [0.05, 0.1) is 6.61 Å². The standard InChI is InChI=1S/C20H24N4O5/c1-12(2)11-24-18-16(19(25)22-20(24)26)23(6-7-27-3)17(21-18)13-4-5-14-15(10-13)29-9-8-28-14/h4-5,10,12H,6-9,11H2,1-3H3,(H,22,25,26). The molecule has 29 heavy (non-hydrogen) atoms. The SMILES string of the molecule is COCCn1c(-c2ccc3c(c2)OCCO3)nc2c1c(=O)[nH]c(=O)n2CC(C)C. The summed E-state index contributed by atoms with van der Waals surface area (Å²) in [4.78, 5) is 32.3. The third-order valence-electron chi connectivity index (χ3n) is 4.75. The molecule has 1 aliphatic rings. The van der Waals surface area contributed by atoms with Gasteiger partial charge in [0.1, 0.15) is 19.0 Å². The lowest BCUT2D eigenvalue weighted by molar-refractivity contribution is 0.171. The van der Waals surface area contributed by atoms with Gasteiger partial charge in [-0.15, -0.1) is 0 Å². The van der Waals surface area contributed by atoms with Crippen molar-refractivity contribution in [2.45, 2.75) is 26.9 Å². The van der Waals surface area contributed by atoms with Gasteiger partial charge in [-0.3, -0.25) is 14.3 Å². The first kappa shape index (κ1) is 19.3. The fourth-order valence-electron chi connectivity index (χ4n) is 3.51. The van der Waals surface area contributed by atoms with Crippen molar-refractivity contribution in [3.63, 3.8) is 0 Å². The molecule has 0 saturated carbocycles. The normalized spacial score (nSPS) is 13.4. The van der Waals surface area contributed by atoms with E-state index in [0.29, 0.717) is 61.4 Å². The number of fused-ring (bicyclic) bond motifs is 2. The highest BCUT2D eigenvalue weighted by Gasteiger charge is 2.21. The first-order valence-electron chi connectivity index (χ1n) is 9.62. The van der Waals surface area contributed by atoms with Gasteiger partial charge in [-0.1, -0.05) is 13.8 Å². The average molecular weight is 400 g/mol. The van der Waals surface area contributed by atoms with Crippen molar-refractivity contribution in [1.82, 2.24) is 19.1 Å². The lowest BCUT2D eigenvalue weighted by Crippen LogP contribution is -2.32. The summed E-state index contributed by atoms with van der Waals surface area (Å²) in [6, 6.07) is 5.55. The molecule has 0 atom stereocenters. The number of nitrogens with zero attached hydrogens (tertiary/aromatic N) is 3. The molecule has 0 saturated heterocycles. The number of benzene rings is 1. The van der Waals surface area contributed by atoms with Crippen LogP contribution in [-0.4, -0.2) is 46.0 Å². The number of aromatic amines is 1. The van der Waals surface area contributed by atoms with Gasteiger partial charge in [0.15, 0.2) is 22.7 Å². The smallest absolute Gasteiger partial charge is 0.330 e. The quantitative estimate of drug-likeness (QED) is 0.675. The van der Waals surface area contributed by atoms with Crippen LogP contribution in [0.5, 0.6) is 11.5 Å². The van der Waals surface area contributed by atoms with E-state index in [1.165, 1.54) is 4.57 Å². The number of hydrogen-bond donors (Lipinski definition) is 1. The molecule has 9 heteroatoms.